The number of hydrogen-bond donors (Lipinski definition) is 0. The van der Waals surface area contributed by atoms with Crippen LogP contribution < -0.4 is 4.74 Å². The van der Waals surface area contributed by atoms with Crippen molar-refractivity contribution in [2.75, 3.05) is 26.5 Å². The standard InChI is InChI=1S/C25H29N3O2S/c1-30-24-11-6-19(15-22(24)18-28-14-4-12-26-28)16-27-13-3-5-21(17-27)25(29)20-7-9-23(31-2)10-8-20/h4,6-12,14-15,21H,3,5,13,16-18H2,1-2H3/t21-/m0/s1. The van der Waals surface area contributed by atoms with Gasteiger partial charge in [-0.2, -0.15) is 5.10 Å². The summed E-state index contributed by atoms with van der Waals surface area (Å²) < 4.78 is 7.45. The average molecular weight is 436 g/mol. The van der Waals surface area contributed by atoms with Crippen molar-refractivity contribution in [3.05, 3.63) is 77.6 Å². The number of Topliss-reactive ketones (excluding diaryl/α,β-unsaturated/α-hetero) is 1. The predicted molar refractivity (Wildman–Crippen MR) is 125 cm³/mol. The minimum atomic E-state index is 0.0654. The van der Waals surface area contributed by atoms with Crippen LogP contribution in [0.3, 0.4) is 0 Å². The molecule has 0 aliphatic carbocycles. The number of hydrogen-bond acceptors (Lipinski definition) is 5. The smallest absolute Gasteiger partial charge is 0.167 e. The zero-order valence-corrected chi connectivity index (χ0v) is 19.0. The van der Waals surface area contributed by atoms with Crippen molar-refractivity contribution in [2.45, 2.75) is 30.8 Å². The van der Waals surface area contributed by atoms with Gasteiger partial charge in [-0.3, -0.25) is 14.4 Å². The Morgan fingerprint density at radius 1 is 1.19 bits per heavy atom. The van der Waals surface area contributed by atoms with Gasteiger partial charge in [0.1, 0.15) is 5.75 Å². The lowest BCUT2D eigenvalue weighted by Crippen LogP contribution is -2.38. The van der Waals surface area contributed by atoms with E-state index in [4.69, 9.17) is 4.74 Å². The van der Waals surface area contributed by atoms with Crippen molar-refractivity contribution in [1.29, 1.82) is 0 Å². The van der Waals surface area contributed by atoms with E-state index < -0.39 is 0 Å². The largest absolute Gasteiger partial charge is 0.496 e. The van der Waals surface area contributed by atoms with Crippen LogP contribution in [0.15, 0.2) is 65.8 Å². The summed E-state index contributed by atoms with van der Waals surface area (Å²) >= 11 is 1.70. The van der Waals surface area contributed by atoms with E-state index in [1.54, 1.807) is 25.1 Å². The molecule has 2 aromatic carbocycles. The number of ether oxygens (including phenoxy) is 1. The summed E-state index contributed by atoms with van der Waals surface area (Å²) in [6.45, 7) is 3.35. The maximum absolute atomic E-state index is 13.1. The minimum absolute atomic E-state index is 0.0654. The number of rotatable bonds is 8. The molecule has 5 nitrogen and oxygen atoms in total. The Bertz CT molecular complexity index is 1000. The number of thioether (sulfide) groups is 1. The van der Waals surface area contributed by atoms with Gasteiger partial charge in [0.15, 0.2) is 5.78 Å². The molecule has 3 aromatic rings. The molecule has 1 aliphatic heterocycles. The zero-order valence-electron chi connectivity index (χ0n) is 18.2. The van der Waals surface area contributed by atoms with E-state index in [0.717, 1.165) is 49.4 Å². The first-order chi connectivity index (χ1) is 15.2. The number of piperidine rings is 1. The summed E-state index contributed by atoms with van der Waals surface area (Å²) in [5.74, 6) is 1.21. The molecular formula is C25H29N3O2S. The Labute approximate surface area is 188 Å². The van der Waals surface area contributed by atoms with Gasteiger partial charge >= 0.3 is 0 Å². The predicted octanol–water partition coefficient (Wildman–Crippen LogP) is 4.76. The van der Waals surface area contributed by atoms with Crippen LogP contribution in [0, 0.1) is 5.92 Å². The van der Waals surface area contributed by atoms with Gasteiger partial charge in [-0.25, -0.2) is 0 Å². The van der Waals surface area contributed by atoms with E-state index in [9.17, 15) is 4.79 Å². The van der Waals surface area contributed by atoms with E-state index in [1.807, 2.05) is 47.3 Å². The number of aromatic nitrogens is 2. The maximum atomic E-state index is 13.1. The molecular weight excluding hydrogens is 406 g/mol. The van der Waals surface area contributed by atoms with E-state index in [-0.39, 0.29) is 11.7 Å². The average Bonchev–Trinajstić information content (AvgIpc) is 3.32. The van der Waals surface area contributed by atoms with E-state index in [2.05, 4.69) is 28.4 Å². The minimum Gasteiger partial charge on any atom is -0.496 e. The topological polar surface area (TPSA) is 47.4 Å². The molecule has 31 heavy (non-hydrogen) atoms. The Balaban J connectivity index is 1.43. The van der Waals surface area contributed by atoms with Crippen LogP contribution in [-0.4, -0.2) is 46.9 Å². The summed E-state index contributed by atoms with van der Waals surface area (Å²) in [5, 5.41) is 4.31. The summed E-state index contributed by atoms with van der Waals surface area (Å²) in [6, 6.07) is 16.3. The quantitative estimate of drug-likeness (QED) is 0.377. The van der Waals surface area contributed by atoms with Crippen LogP contribution >= 0.6 is 11.8 Å². The number of nitrogens with zero attached hydrogens (tertiary/aromatic N) is 3. The van der Waals surface area contributed by atoms with Crippen molar-refractivity contribution < 1.29 is 9.53 Å². The van der Waals surface area contributed by atoms with E-state index >= 15 is 0 Å². The Kier molecular flexibility index (Phi) is 7.10. The van der Waals surface area contributed by atoms with Crippen LogP contribution in [-0.2, 0) is 13.1 Å². The van der Waals surface area contributed by atoms with Gasteiger partial charge in [-0.1, -0.05) is 18.2 Å². The third-order valence-electron chi connectivity index (χ3n) is 5.89. The fraction of sp³-hybridized carbons (Fsp3) is 0.360. The lowest BCUT2D eigenvalue weighted by molar-refractivity contribution is 0.0811. The number of carbonyl (C=O) groups excluding carboxylic acids is 1. The third-order valence-corrected chi connectivity index (χ3v) is 6.64. The molecule has 0 bridgehead atoms. The number of benzene rings is 2. The van der Waals surface area contributed by atoms with Crippen LogP contribution in [0.2, 0.25) is 0 Å². The summed E-state index contributed by atoms with van der Waals surface area (Å²) in [7, 11) is 1.70. The van der Waals surface area contributed by atoms with Crippen molar-refractivity contribution in [3.8, 4) is 5.75 Å². The lowest BCUT2D eigenvalue weighted by atomic mass is 9.90. The highest BCUT2D eigenvalue weighted by molar-refractivity contribution is 7.98. The Morgan fingerprint density at radius 2 is 2.03 bits per heavy atom. The normalized spacial score (nSPS) is 16.9. The van der Waals surface area contributed by atoms with Gasteiger partial charge in [0.25, 0.3) is 0 Å². The van der Waals surface area contributed by atoms with Gasteiger partial charge in [-0.15, -0.1) is 11.8 Å². The number of likely N-dealkylation sites (tertiary alicyclic amines) is 1. The molecule has 0 unspecified atom stereocenters. The van der Waals surface area contributed by atoms with Crippen molar-refractivity contribution in [3.63, 3.8) is 0 Å². The van der Waals surface area contributed by atoms with Crippen LogP contribution in [0.1, 0.15) is 34.3 Å². The SMILES string of the molecule is COc1ccc(CN2CCC[C@H](C(=O)c3ccc(SC)cc3)C2)cc1Cn1cccn1. The summed E-state index contributed by atoms with van der Waals surface area (Å²) in [5.41, 5.74) is 3.18. The van der Waals surface area contributed by atoms with Crippen LogP contribution in [0.5, 0.6) is 5.75 Å². The van der Waals surface area contributed by atoms with Gasteiger partial charge in [0, 0.05) is 47.4 Å². The molecule has 162 valence electrons. The monoisotopic (exact) mass is 435 g/mol. The van der Waals surface area contributed by atoms with E-state index in [1.165, 1.54) is 10.5 Å². The second-order valence-electron chi connectivity index (χ2n) is 8.02. The maximum Gasteiger partial charge on any atom is 0.167 e. The molecule has 1 fully saturated rings. The zero-order chi connectivity index (χ0) is 21.6. The van der Waals surface area contributed by atoms with Crippen molar-refractivity contribution in [2.24, 2.45) is 5.92 Å². The molecule has 6 heteroatoms. The Hall–Kier alpha value is -2.57. The number of ketones is 1. The van der Waals surface area contributed by atoms with Crippen molar-refractivity contribution >= 4 is 17.5 Å². The van der Waals surface area contributed by atoms with Crippen LogP contribution in [0.25, 0.3) is 0 Å². The molecule has 1 aliphatic rings. The molecule has 0 radical (unpaired) electrons. The fourth-order valence-electron chi connectivity index (χ4n) is 4.28. The molecule has 2 heterocycles. The Morgan fingerprint density at radius 3 is 2.74 bits per heavy atom. The van der Waals surface area contributed by atoms with Gasteiger partial charge in [0.2, 0.25) is 0 Å². The highest BCUT2D eigenvalue weighted by Crippen LogP contribution is 2.26. The fourth-order valence-corrected chi connectivity index (χ4v) is 4.69. The highest BCUT2D eigenvalue weighted by Gasteiger charge is 2.26. The summed E-state index contributed by atoms with van der Waals surface area (Å²) in [4.78, 5) is 16.6. The first kappa shape index (κ1) is 21.7. The van der Waals surface area contributed by atoms with Gasteiger partial charge < -0.3 is 4.74 Å². The molecule has 4 rings (SSSR count). The molecule has 1 saturated heterocycles. The molecule has 0 amide bonds. The number of methoxy groups -OCH3 is 1. The highest BCUT2D eigenvalue weighted by atomic mass is 32.2. The molecule has 0 saturated carbocycles. The van der Waals surface area contributed by atoms with Crippen molar-refractivity contribution in [1.82, 2.24) is 14.7 Å². The van der Waals surface area contributed by atoms with Gasteiger partial charge in [0.05, 0.1) is 13.7 Å². The van der Waals surface area contributed by atoms with E-state index in [0.29, 0.717) is 6.54 Å². The molecule has 0 spiro atoms. The number of carbonyl (C=O) groups is 1. The first-order valence-electron chi connectivity index (χ1n) is 10.7. The lowest BCUT2D eigenvalue weighted by Gasteiger charge is -2.32. The molecule has 1 aromatic heterocycles. The van der Waals surface area contributed by atoms with Crippen LogP contribution in [0.4, 0.5) is 0 Å². The molecule has 0 N–H and O–H groups in total. The summed E-state index contributed by atoms with van der Waals surface area (Å²) in [6.07, 6.45) is 7.81. The molecule has 1 atom stereocenters. The second-order valence-corrected chi connectivity index (χ2v) is 8.90. The van der Waals surface area contributed by atoms with Gasteiger partial charge in [-0.05, 0) is 61.5 Å². The third kappa shape index (κ3) is 5.38. The first-order valence-corrected chi connectivity index (χ1v) is 11.9. The second kappa shape index (κ2) is 10.2.